The van der Waals surface area contributed by atoms with Crippen molar-refractivity contribution >= 4 is 34.7 Å². The summed E-state index contributed by atoms with van der Waals surface area (Å²) in [6, 6.07) is 10.3. The van der Waals surface area contributed by atoms with E-state index in [0.29, 0.717) is 31.2 Å². The van der Waals surface area contributed by atoms with Gasteiger partial charge in [0.05, 0.1) is 27.3 Å². The van der Waals surface area contributed by atoms with Crippen LogP contribution in [0, 0.1) is 5.82 Å². The third kappa shape index (κ3) is 3.31. The topological polar surface area (TPSA) is 58.6 Å². The Bertz CT molecular complexity index is 999. The van der Waals surface area contributed by atoms with Gasteiger partial charge in [0.2, 0.25) is 0 Å². The number of hydrogen-bond donors (Lipinski definition) is 2. The lowest BCUT2D eigenvalue weighted by molar-refractivity contribution is -0.116. The molecule has 4 rings (SSSR count). The minimum absolute atomic E-state index is 0.0746. The van der Waals surface area contributed by atoms with Crippen LogP contribution in [0.1, 0.15) is 31.2 Å². The Morgan fingerprint density at radius 3 is 2.48 bits per heavy atom. The Balaban J connectivity index is 1.86. The fraction of sp³-hybridized carbons (Fsp3) is 0.318. The summed E-state index contributed by atoms with van der Waals surface area (Å²) in [4.78, 5) is 12.8. The van der Waals surface area contributed by atoms with Gasteiger partial charge in [0, 0.05) is 18.2 Å². The molecule has 152 valence electrons. The summed E-state index contributed by atoms with van der Waals surface area (Å²) >= 11 is 12.6. The summed E-state index contributed by atoms with van der Waals surface area (Å²) in [5.41, 5.74) is -0.431. The fourth-order valence-corrected chi connectivity index (χ4v) is 4.69. The molecule has 1 amide bonds. The van der Waals surface area contributed by atoms with Crippen LogP contribution in [0.3, 0.4) is 0 Å². The first kappa shape index (κ1) is 20.2. The molecule has 2 aliphatic rings. The molecule has 0 atom stereocenters. The summed E-state index contributed by atoms with van der Waals surface area (Å²) in [6.45, 7) is 0. The van der Waals surface area contributed by atoms with Crippen LogP contribution in [0.4, 0.5) is 4.39 Å². The number of rotatable bonds is 3. The number of nitrogens with one attached hydrogen (secondary N) is 1. The lowest BCUT2D eigenvalue weighted by Crippen LogP contribution is -2.48. The highest BCUT2D eigenvalue weighted by molar-refractivity contribution is 6.44. The molecule has 2 aromatic carbocycles. The predicted molar refractivity (Wildman–Crippen MR) is 112 cm³/mol. The minimum Gasteiger partial charge on any atom is -0.509 e. The highest BCUT2D eigenvalue weighted by Gasteiger charge is 2.49. The first-order valence-electron chi connectivity index (χ1n) is 9.40. The van der Waals surface area contributed by atoms with E-state index in [1.54, 1.807) is 31.4 Å². The van der Waals surface area contributed by atoms with E-state index in [-0.39, 0.29) is 38.6 Å². The van der Waals surface area contributed by atoms with Crippen LogP contribution in [-0.4, -0.2) is 29.8 Å². The van der Waals surface area contributed by atoms with Crippen molar-refractivity contribution < 1.29 is 19.0 Å². The molecule has 1 aliphatic heterocycles. The van der Waals surface area contributed by atoms with E-state index in [2.05, 4.69) is 5.32 Å². The van der Waals surface area contributed by atoms with Crippen molar-refractivity contribution in [2.45, 2.75) is 37.3 Å². The summed E-state index contributed by atoms with van der Waals surface area (Å²) in [5, 5.41) is 13.9. The molecule has 0 unspecified atom stereocenters. The number of aliphatic hydroxyl groups excluding tert-OH is 1. The Kier molecular flexibility index (Phi) is 5.32. The highest BCUT2D eigenvalue weighted by atomic mass is 35.5. The maximum Gasteiger partial charge on any atom is 0.256 e. The molecule has 0 radical (unpaired) electrons. The Hall–Kier alpha value is -2.08. The van der Waals surface area contributed by atoms with Crippen LogP contribution in [0.25, 0.3) is 16.7 Å². The van der Waals surface area contributed by atoms with Gasteiger partial charge in [-0.15, -0.1) is 0 Å². The van der Waals surface area contributed by atoms with Crippen molar-refractivity contribution in [1.82, 2.24) is 5.32 Å². The molecule has 4 nitrogen and oxygen atoms in total. The summed E-state index contributed by atoms with van der Waals surface area (Å²) in [5.74, 6) is -1.43. The zero-order valence-electron chi connectivity index (χ0n) is 15.8. The summed E-state index contributed by atoms with van der Waals surface area (Å²) < 4.78 is 21.0. The Labute approximate surface area is 178 Å². The second-order valence-corrected chi connectivity index (χ2v) is 8.26. The predicted octanol–water partition coefficient (Wildman–Crippen LogP) is 5.53. The zero-order valence-corrected chi connectivity index (χ0v) is 17.3. The Morgan fingerprint density at radius 2 is 1.86 bits per heavy atom. The summed E-state index contributed by atoms with van der Waals surface area (Å²) in [6.07, 6.45) is 2.42. The fourth-order valence-electron chi connectivity index (χ4n) is 4.25. The van der Waals surface area contributed by atoms with Gasteiger partial charge in [0.25, 0.3) is 5.91 Å². The Morgan fingerprint density at radius 1 is 1.21 bits per heavy atom. The van der Waals surface area contributed by atoms with Crippen molar-refractivity contribution in [3.8, 4) is 11.1 Å². The molecule has 0 bridgehead atoms. The van der Waals surface area contributed by atoms with Crippen LogP contribution in [0.15, 0.2) is 42.2 Å². The molecule has 7 heteroatoms. The van der Waals surface area contributed by atoms with Crippen molar-refractivity contribution in [3.63, 3.8) is 0 Å². The molecule has 29 heavy (non-hydrogen) atoms. The minimum atomic E-state index is -0.924. The van der Waals surface area contributed by atoms with Gasteiger partial charge in [0.15, 0.2) is 0 Å². The quantitative estimate of drug-likeness (QED) is 0.623. The van der Waals surface area contributed by atoms with E-state index >= 15 is 4.39 Å². The van der Waals surface area contributed by atoms with Gasteiger partial charge < -0.3 is 15.2 Å². The average Bonchev–Trinajstić information content (AvgIpc) is 2.96. The van der Waals surface area contributed by atoms with Crippen LogP contribution in [-0.2, 0) is 9.53 Å². The molecule has 1 fully saturated rings. The molecule has 0 saturated heterocycles. The van der Waals surface area contributed by atoms with Gasteiger partial charge in [0.1, 0.15) is 11.6 Å². The van der Waals surface area contributed by atoms with Crippen molar-refractivity contribution in [2.75, 3.05) is 7.11 Å². The van der Waals surface area contributed by atoms with Gasteiger partial charge >= 0.3 is 0 Å². The normalized spacial score (nSPS) is 24.3. The largest absolute Gasteiger partial charge is 0.509 e. The average molecular weight is 436 g/mol. The molecule has 0 aromatic heterocycles. The maximum atomic E-state index is 15.6. The maximum absolute atomic E-state index is 15.6. The van der Waals surface area contributed by atoms with E-state index in [1.807, 2.05) is 6.07 Å². The zero-order chi connectivity index (χ0) is 20.8. The van der Waals surface area contributed by atoms with Crippen molar-refractivity contribution in [1.29, 1.82) is 0 Å². The lowest BCUT2D eigenvalue weighted by Gasteiger charge is -2.36. The third-order valence-electron chi connectivity index (χ3n) is 5.88. The molecule has 2 N–H and O–H groups in total. The second kappa shape index (κ2) is 7.63. The molecule has 2 aromatic rings. The number of ether oxygens (including phenoxy) is 1. The SMILES string of the molecule is COC1CCC2(CC1)NC(=O)C(c1c(F)c(-c3ccccc3)cc(Cl)c1Cl)=C2O. The van der Waals surface area contributed by atoms with E-state index in [9.17, 15) is 9.90 Å². The van der Waals surface area contributed by atoms with E-state index in [0.717, 1.165) is 0 Å². The van der Waals surface area contributed by atoms with Crippen LogP contribution in [0.5, 0.6) is 0 Å². The van der Waals surface area contributed by atoms with E-state index < -0.39 is 17.3 Å². The number of halogens is 3. The molecule has 1 spiro atoms. The van der Waals surface area contributed by atoms with Crippen LogP contribution < -0.4 is 5.32 Å². The number of amides is 1. The monoisotopic (exact) mass is 435 g/mol. The molecule has 1 heterocycles. The van der Waals surface area contributed by atoms with Gasteiger partial charge in [-0.2, -0.15) is 0 Å². The molecular weight excluding hydrogens is 416 g/mol. The van der Waals surface area contributed by atoms with Crippen molar-refractivity contribution in [2.24, 2.45) is 0 Å². The number of carbonyl (C=O) groups excluding carboxylic acids is 1. The molecular formula is C22H20Cl2FNO3. The van der Waals surface area contributed by atoms with Crippen LogP contribution in [0.2, 0.25) is 10.0 Å². The van der Waals surface area contributed by atoms with Crippen molar-refractivity contribution in [3.05, 3.63) is 63.6 Å². The molecule has 1 aliphatic carbocycles. The standard InChI is InChI=1S/C22H20Cl2FNO3/c1-29-13-7-9-22(10-8-13)20(27)17(21(28)26-22)16-18(24)15(23)11-14(19(16)25)12-5-3-2-4-6-12/h2-6,11,13,27H,7-10H2,1H3,(H,26,28). The van der Waals surface area contributed by atoms with Gasteiger partial charge in [-0.1, -0.05) is 53.5 Å². The smallest absolute Gasteiger partial charge is 0.256 e. The number of benzene rings is 2. The second-order valence-electron chi connectivity index (χ2n) is 7.47. The van der Waals surface area contributed by atoms with E-state index in [1.165, 1.54) is 6.07 Å². The highest BCUT2D eigenvalue weighted by Crippen LogP contribution is 2.46. The number of methoxy groups -OCH3 is 1. The summed E-state index contributed by atoms with van der Waals surface area (Å²) in [7, 11) is 1.64. The first-order chi connectivity index (χ1) is 13.9. The van der Waals surface area contributed by atoms with Gasteiger partial charge in [-0.3, -0.25) is 4.79 Å². The van der Waals surface area contributed by atoms with Gasteiger partial charge in [-0.25, -0.2) is 4.39 Å². The lowest BCUT2D eigenvalue weighted by atomic mass is 9.79. The first-order valence-corrected chi connectivity index (χ1v) is 10.2. The number of carbonyl (C=O) groups is 1. The third-order valence-corrected chi connectivity index (χ3v) is 6.67. The number of hydrogen-bond acceptors (Lipinski definition) is 3. The number of aliphatic hydroxyl groups is 1. The van der Waals surface area contributed by atoms with E-state index in [4.69, 9.17) is 27.9 Å². The van der Waals surface area contributed by atoms with Crippen LogP contribution >= 0.6 is 23.2 Å². The van der Waals surface area contributed by atoms with Gasteiger partial charge in [-0.05, 0) is 37.3 Å². The molecule has 1 saturated carbocycles.